The van der Waals surface area contributed by atoms with Gasteiger partial charge in [-0.15, -0.1) is 0 Å². The van der Waals surface area contributed by atoms with Crippen molar-refractivity contribution in [3.05, 3.63) is 29.8 Å². The van der Waals surface area contributed by atoms with Gasteiger partial charge in [-0.25, -0.2) is 4.79 Å². The summed E-state index contributed by atoms with van der Waals surface area (Å²) in [5.74, 6) is -0.106. The number of aryl methyl sites for hydroxylation is 1. The molecule has 0 aliphatic heterocycles. The molecule has 0 heterocycles. The number of anilines is 1. The Morgan fingerprint density at radius 3 is 2.53 bits per heavy atom. The average molecular weight is 235 g/mol. The molecule has 0 aromatic heterocycles. The maximum absolute atomic E-state index is 11.4. The van der Waals surface area contributed by atoms with Crippen molar-refractivity contribution in [1.82, 2.24) is 10.6 Å². The molecule has 1 aromatic carbocycles. The minimum absolute atomic E-state index is 0.106. The van der Waals surface area contributed by atoms with Crippen LogP contribution in [0.1, 0.15) is 12.5 Å². The maximum Gasteiger partial charge on any atom is 0.319 e. The summed E-state index contributed by atoms with van der Waals surface area (Å²) in [7, 11) is 0. The van der Waals surface area contributed by atoms with Gasteiger partial charge in [0, 0.05) is 25.7 Å². The summed E-state index contributed by atoms with van der Waals surface area (Å²) in [6.45, 7) is 4.22. The van der Waals surface area contributed by atoms with Crippen LogP contribution in [-0.2, 0) is 4.79 Å². The van der Waals surface area contributed by atoms with Crippen molar-refractivity contribution >= 4 is 17.6 Å². The predicted molar refractivity (Wildman–Crippen MR) is 66.9 cm³/mol. The lowest BCUT2D eigenvalue weighted by atomic mass is 10.2. The maximum atomic E-state index is 11.4. The van der Waals surface area contributed by atoms with Crippen molar-refractivity contribution in [1.29, 1.82) is 0 Å². The van der Waals surface area contributed by atoms with E-state index < -0.39 is 0 Å². The topological polar surface area (TPSA) is 70.2 Å². The highest BCUT2D eigenvalue weighted by atomic mass is 16.2. The molecule has 92 valence electrons. The van der Waals surface area contributed by atoms with Gasteiger partial charge >= 0.3 is 6.03 Å². The number of hydrogen-bond donors (Lipinski definition) is 3. The number of urea groups is 1. The quantitative estimate of drug-likeness (QED) is 0.687. The van der Waals surface area contributed by atoms with E-state index in [1.54, 1.807) is 0 Å². The first-order valence-corrected chi connectivity index (χ1v) is 5.44. The molecular weight excluding hydrogens is 218 g/mol. The van der Waals surface area contributed by atoms with Gasteiger partial charge in [0.15, 0.2) is 0 Å². The zero-order valence-electron chi connectivity index (χ0n) is 10.0. The molecular formula is C12H17N3O2. The Labute approximate surface area is 101 Å². The highest BCUT2D eigenvalue weighted by Gasteiger charge is 2.00. The molecule has 0 saturated carbocycles. The van der Waals surface area contributed by atoms with E-state index in [1.165, 1.54) is 6.92 Å². The van der Waals surface area contributed by atoms with Crippen LogP contribution in [0.3, 0.4) is 0 Å². The highest BCUT2D eigenvalue weighted by Crippen LogP contribution is 2.08. The lowest BCUT2D eigenvalue weighted by Crippen LogP contribution is -2.36. The fourth-order valence-corrected chi connectivity index (χ4v) is 1.31. The zero-order valence-corrected chi connectivity index (χ0v) is 10.0. The third-order valence-electron chi connectivity index (χ3n) is 2.06. The molecule has 17 heavy (non-hydrogen) atoms. The van der Waals surface area contributed by atoms with E-state index in [0.717, 1.165) is 11.3 Å². The van der Waals surface area contributed by atoms with Crippen molar-refractivity contribution in [2.75, 3.05) is 18.4 Å². The van der Waals surface area contributed by atoms with Gasteiger partial charge in [0.1, 0.15) is 0 Å². The molecule has 0 saturated heterocycles. The van der Waals surface area contributed by atoms with E-state index in [9.17, 15) is 9.59 Å². The Hall–Kier alpha value is -2.04. The predicted octanol–water partition coefficient (Wildman–Crippen LogP) is 1.25. The smallest absolute Gasteiger partial charge is 0.319 e. The summed E-state index contributed by atoms with van der Waals surface area (Å²) >= 11 is 0. The van der Waals surface area contributed by atoms with Gasteiger partial charge in [0.05, 0.1) is 0 Å². The van der Waals surface area contributed by atoms with Crippen molar-refractivity contribution in [3.63, 3.8) is 0 Å². The lowest BCUT2D eigenvalue weighted by Gasteiger charge is -2.08. The van der Waals surface area contributed by atoms with Gasteiger partial charge in [0.2, 0.25) is 5.91 Å². The van der Waals surface area contributed by atoms with E-state index in [-0.39, 0.29) is 11.9 Å². The first-order valence-electron chi connectivity index (χ1n) is 5.44. The molecule has 3 N–H and O–H groups in total. The van der Waals surface area contributed by atoms with E-state index in [2.05, 4.69) is 16.0 Å². The zero-order chi connectivity index (χ0) is 12.7. The van der Waals surface area contributed by atoms with Crippen molar-refractivity contribution < 1.29 is 9.59 Å². The standard InChI is InChI=1S/C12H17N3O2/c1-9-4-3-5-11(8-9)15-12(17)14-7-6-13-10(2)16/h3-5,8H,6-7H2,1-2H3,(H,13,16)(H2,14,15,17). The van der Waals surface area contributed by atoms with E-state index in [0.29, 0.717) is 13.1 Å². The largest absolute Gasteiger partial charge is 0.355 e. The molecule has 0 atom stereocenters. The molecule has 0 unspecified atom stereocenters. The van der Waals surface area contributed by atoms with Crippen molar-refractivity contribution in [3.8, 4) is 0 Å². The summed E-state index contributed by atoms with van der Waals surface area (Å²) in [4.78, 5) is 22.0. The van der Waals surface area contributed by atoms with Gasteiger partial charge in [-0.05, 0) is 24.6 Å². The number of amides is 3. The number of hydrogen-bond acceptors (Lipinski definition) is 2. The monoisotopic (exact) mass is 235 g/mol. The number of benzene rings is 1. The van der Waals surface area contributed by atoms with E-state index in [1.807, 2.05) is 31.2 Å². The lowest BCUT2D eigenvalue weighted by molar-refractivity contribution is -0.118. The second-order valence-corrected chi connectivity index (χ2v) is 3.73. The Bertz CT molecular complexity index is 404. The Morgan fingerprint density at radius 1 is 1.18 bits per heavy atom. The molecule has 0 radical (unpaired) electrons. The number of rotatable bonds is 4. The molecule has 0 spiro atoms. The van der Waals surface area contributed by atoms with Crippen LogP contribution in [0.2, 0.25) is 0 Å². The molecule has 5 heteroatoms. The summed E-state index contributed by atoms with van der Waals surface area (Å²) in [5.41, 5.74) is 1.84. The summed E-state index contributed by atoms with van der Waals surface area (Å²) < 4.78 is 0. The van der Waals surface area contributed by atoms with Crippen LogP contribution < -0.4 is 16.0 Å². The van der Waals surface area contributed by atoms with Crippen LogP contribution in [0.15, 0.2) is 24.3 Å². The molecule has 1 aromatic rings. The third-order valence-corrected chi connectivity index (χ3v) is 2.06. The summed E-state index contributed by atoms with van der Waals surface area (Å²) in [6.07, 6.45) is 0. The average Bonchev–Trinajstić information content (AvgIpc) is 2.24. The van der Waals surface area contributed by atoms with Gasteiger partial charge < -0.3 is 16.0 Å². The molecule has 0 fully saturated rings. The fraction of sp³-hybridized carbons (Fsp3) is 0.333. The van der Waals surface area contributed by atoms with Crippen LogP contribution in [0.25, 0.3) is 0 Å². The molecule has 0 aliphatic carbocycles. The molecule has 3 amide bonds. The van der Waals surface area contributed by atoms with Crippen LogP contribution >= 0.6 is 0 Å². The number of nitrogens with one attached hydrogen (secondary N) is 3. The normalized spacial score (nSPS) is 9.53. The molecule has 0 bridgehead atoms. The fourth-order valence-electron chi connectivity index (χ4n) is 1.31. The van der Waals surface area contributed by atoms with Gasteiger partial charge in [-0.1, -0.05) is 12.1 Å². The van der Waals surface area contributed by atoms with Crippen LogP contribution in [0, 0.1) is 6.92 Å². The first kappa shape index (κ1) is 13.0. The van der Waals surface area contributed by atoms with Crippen LogP contribution in [0.5, 0.6) is 0 Å². The highest BCUT2D eigenvalue weighted by molar-refractivity contribution is 5.89. The minimum atomic E-state index is -0.277. The third kappa shape index (κ3) is 5.55. The molecule has 0 aliphatic rings. The summed E-state index contributed by atoms with van der Waals surface area (Å²) in [6, 6.07) is 7.26. The second kappa shape index (κ2) is 6.52. The Balaban J connectivity index is 2.27. The minimum Gasteiger partial charge on any atom is -0.355 e. The van der Waals surface area contributed by atoms with E-state index in [4.69, 9.17) is 0 Å². The Kier molecular flexibility index (Phi) is 5.00. The van der Waals surface area contributed by atoms with Gasteiger partial charge in [0.25, 0.3) is 0 Å². The molecule has 1 rings (SSSR count). The van der Waals surface area contributed by atoms with Gasteiger partial charge in [-0.3, -0.25) is 4.79 Å². The summed E-state index contributed by atoms with van der Waals surface area (Å²) in [5, 5.41) is 7.94. The number of carbonyl (C=O) groups is 2. The Morgan fingerprint density at radius 2 is 1.88 bits per heavy atom. The SMILES string of the molecule is CC(=O)NCCNC(=O)Nc1cccc(C)c1. The van der Waals surface area contributed by atoms with Crippen molar-refractivity contribution in [2.45, 2.75) is 13.8 Å². The van der Waals surface area contributed by atoms with Crippen LogP contribution in [-0.4, -0.2) is 25.0 Å². The van der Waals surface area contributed by atoms with Gasteiger partial charge in [-0.2, -0.15) is 0 Å². The number of carbonyl (C=O) groups excluding carboxylic acids is 2. The molecule has 5 nitrogen and oxygen atoms in total. The second-order valence-electron chi connectivity index (χ2n) is 3.73. The van der Waals surface area contributed by atoms with Crippen LogP contribution in [0.4, 0.5) is 10.5 Å². The van der Waals surface area contributed by atoms with E-state index >= 15 is 0 Å². The van der Waals surface area contributed by atoms with Crippen molar-refractivity contribution in [2.24, 2.45) is 0 Å². The first-order chi connectivity index (χ1) is 8.08.